The molecule has 1 nitrogen and oxygen atoms in total. The van der Waals surface area contributed by atoms with Gasteiger partial charge in [-0.15, -0.1) is 0 Å². The highest BCUT2D eigenvalue weighted by molar-refractivity contribution is 5.97. The van der Waals surface area contributed by atoms with Crippen molar-refractivity contribution in [1.82, 2.24) is 0 Å². The molecule has 0 saturated heterocycles. The van der Waals surface area contributed by atoms with Gasteiger partial charge in [0, 0.05) is 22.5 Å². The Labute approximate surface area is 306 Å². The van der Waals surface area contributed by atoms with Crippen molar-refractivity contribution < 1.29 is 0 Å². The summed E-state index contributed by atoms with van der Waals surface area (Å²) in [6, 6.07) is 75.6. The van der Waals surface area contributed by atoms with Crippen LogP contribution in [-0.2, 0) is 5.41 Å². The minimum atomic E-state index is -0.660. The van der Waals surface area contributed by atoms with Gasteiger partial charge in [0.25, 0.3) is 0 Å². The molecular weight excluding hydrogens is 627 g/mol. The molecule has 52 heavy (non-hydrogen) atoms. The van der Waals surface area contributed by atoms with Gasteiger partial charge in [-0.25, -0.2) is 0 Å². The topological polar surface area (TPSA) is 3.24 Å². The molecule has 0 aliphatic heterocycles. The van der Waals surface area contributed by atoms with Crippen LogP contribution in [0.4, 0.5) is 17.1 Å². The predicted octanol–water partition coefficient (Wildman–Crippen LogP) is 12.9. The summed E-state index contributed by atoms with van der Waals surface area (Å²) in [4.78, 5) is 2.40. The highest BCUT2D eigenvalue weighted by Crippen LogP contribution is 2.56. The van der Waals surface area contributed by atoms with E-state index in [2.05, 4.69) is 223 Å². The number of fused-ring (bicyclic) bond motifs is 3. The molecule has 0 radical (unpaired) electrons. The van der Waals surface area contributed by atoms with E-state index in [-0.39, 0.29) is 0 Å². The highest BCUT2D eigenvalue weighted by Gasteiger charge is 2.45. The molecule has 0 fully saturated rings. The van der Waals surface area contributed by atoms with Crippen LogP contribution >= 0.6 is 0 Å². The average molecular weight is 662 g/mol. The van der Waals surface area contributed by atoms with Gasteiger partial charge in [-0.1, -0.05) is 182 Å². The fraction of sp³-hybridized carbons (Fsp3) is 0.0196. The number of para-hydroxylation sites is 1. The van der Waals surface area contributed by atoms with Crippen LogP contribution < -0.4 is 4.90 Å². The van der Waals surface area contributed by atoms with Crippen molar-refractivity contribution in [3.8, 4) is 45.2 Å². The Bertz CT molecular complexity index is 2550. The second-order valence-corrected chi connectivity index (χ2v) is 13.1. The Morgan fingerprint density at radius 1 is 0.365 bits per heavy atom. The van der Waals surface area contributed by atoms with Crippen molar-refractivity contribution in [2.24, 2.45) is 0 Å². The molecule has 8 aromatic carbocycles. The number of hydrogen-bond acceptors (Lipinski definition) is 1. The first-order valence-corrected chi connectivity index (χ1v) is 17.8. The number of rotatable bonds is 6. The normalized spacial score (nSPS) is 14.1. The molecule has 1 aliphatic rings. The standard InChI is InChI=1S/C51H35N/c1-5-18-38(19-6-1)36-37-51(41-22-9-3-10-23-41)47-29-16-15-28-46(47)50-48(51)30-17-31-49(50)52(42-24-11-4-12-25-42)43-34-32-40(33-35-43)45-27-14-13-26-44(45)39-20-7-2-8-21-39/h1-35H. The van der Waals surface area contributed by atoms with Crippen LogP contribution in [0.15, 0.2) is 212 Å². The van der Waals surface area contributed by atoms with Gasteiger partial charge in [0.1, 0.15) is 5.41 Å². The summed E-state index contributed by atoms with van der Waals surface area (Å²) < 4.78 is 0. The van der Waals surface area contributed by atoms with E-state index in [9.17, 15) is 0 Å². The highest BCUT2D eigenvalue weighted by atomic mass is 15.1. The summed E-state index contributed by atoms with van der Waals surface area (Å²) in [5.74, 6) is 7.46. The van der Waals surface area contributed by atoms with Gasteiger partial charge in [0.15, 0.2) is 0 Å². The fourth-order valence-electron chi connectivity index (χ4n) is 7.79. The molecule has 1 unspecified atom stereocenters. The lowest BCUT2D eigenvalue weighted by molar-refractivity contribution is 0.837. The van der Waals surface area contributed by atoms with Gasteiger partial charge >= 0.3 is 0 Å². The molecule has 0 spiro atoms. The molecule has 1 atom stereocenters. The maximum Gasteiger partial charge on any atom is 0.108 e. The maximum atomic E-state index is 3.86. The number of hydrogen-bond donors (Lipinski definition) is 0. The summed E-state index contributed by atoms with van der Waals surface area (Å²) in [5, 5.41) is 0. The third-order valence-corrected chi connectivity index (χ3v) is 10.1. The van der Waals surface area contributed by atoms with E-state index in [1.54, 1.807) is 0 Å². The first kappa shape index (κ1) is 31.1. The second-order valence-electron chi connectivity index (χ2n) is 13.1. The number of nitrogens with zero attached hydrogens (tertiary/aromatic N) is 1. The monoisotopic (exact) mass is 661 g/mol. The number of benzene rings is 8. The van der Waals surface area contributed by atoms with E-state index in [1.807, 2.05) is 6.07 Å². The minimum absolute atomic E-state index is 0.660. The predicted molar refractivity (Wildman–Crippen MR) is 217 cm³/mol. The largest absolute Gasteiger partial charge is 0.310 e. The van der Waals surface area contributed by atoms with Crippen LogP contribution in [0.5, 0.6) is 0 Å². The third-order valence-electron chi connectivity index (χ3n) is 10.1. The van der Waals surface area contributed by atoms with E-state index < -0.39 is 5.41 Å². The van der Waals surface area contributed by atoms with E-state index in [0.717, 1.165) is 28.2 Å². The van der Waals surface area contributed by atoms with Crippen molar-refractivity contribution in [3.63, 3.8) is 0 Å². The Hall–Kier alpha value is -6.88. The van der Waals surface area contributed by atoms with Crippen LogP contribution in [0.1, 0.15) is 22.3 Å². The number of anilines is 3. The molecule has 0 amide bonds. The van der Waals surface area contributed by atoms with Crippen molar-refractivity contribution in [3.05, 3.63) is 235 Å². The molecular formula is C51H35N. The van der Waals surface area contributed by atoms with E-state index in [0.29, 0.717) is 0 Å². The third kappa shape index (κ3) is 5.39. The summed E-state index contributed by atoms with van der Waals surface area (Å²) in [6.07, 6.45) is 0. The Morgan fingerprint density at radius 3 is 1.54 bits per heavy atom. The van der Waals surface area contributed by atoms with Crippen LogP contribution in [0.2, 0.25) is 0 Å². The Kier molecular flexibility index (Phi) is 8.05. The van der Waals surface area contributed by atoms with Gasteiger partial charge in [-0.2, -0.15) is 0 Å². The molecule has 244 valence electrons. The smallest absolute Gasteiger partial charge is 0.108 e. The van der Waals surface area contributed by atoms with Crippen molar-refractivity contribution in [1.29, 1.82) is 0 Å². The zero-order valence-corrected chi connectivity index (χ0v) is 28.7. The second kappa shape index (κ2) is 13.4. The molecule has 0 aromatic heterocycles. The summed E-state index contributed by atoms with van der Waals surface area (Å²) in [6.45, 7) is 0. The molecule has 1 heteroatoms. The van der Waals surface area contributed by atoms with Crippen molar-refractivity contribution >= 4 is 17.1 Å². The van der Waals surface area contributed by atoms with Crippen LogP contribution in [0, 0.1) is 11.8 Å². The van der Waals surface area contributed by atoms with Crippen LogP contribution in [0.25, 0.3) is 33.4 Å². The molecule has 0 bridgehead atoms. The molecule has 9 rings (SSSR count). The van der Waals surface area contributed by atoms with E-state index in [1.165, 1.54) is 44.5 Å². The van der Waals surface area contributed by atoms with Gasteiger partial charge < -0.3 is 4.90 Å². The molecule has 0 saturated carbocycles. The van der Waals surface area contributed by atoms with Gasteiger partial charge in [0.05, 0.1) is 5.69 Å². The lowest BCUT2D eigenvalue weighted by atomic mass is 9.73. The first-order valence-electron chi connectivity index (χ1n) is 17.8. The van der Waals surface area contributed by atoms with Crippen molar-refractivity contribution in [2.75, 3.05) is 4.90 Å². The van der Waals surface area contributed by atoms with E-state index in [4.69, 9.17) is 0 Å². The molecule has 0 heterocycles. The lowest BCUT2D eigenvalue weighted by Crippen LogP contribution is -2.25. The van der Waals surface area contributed by atoms with Gasteiger partial charge in [-0.05, 0) is 87.0 Å². The summed E-state index contributed by atoms with van der Waals surface area (Å²) in [7, 11) is 0. The SMILES string of the molecule is C(#CC1(c2ccccc2)c2ccccc2-c2c(N(c3ccccc3)c3ccc(-c4ccccc4-c4ccccc4)cc3)cccc21)c1ccccc1. The molecule has 0 N–H and O–H groups in total. The molecule has 1 aliphatic carbocycles. The van der Waals surface area contributed by atoms with Gasteiger partial charge in [-0.3, -0.25) is 0 Å². The Balaban J connectivity index is 1.25. The average Bonchev–Trinajstić information content (AvgIpc) is 3.53. The molecule has 8 aromatic rings. The fourth-order valence-corrected chi connectivity index (χ4v) is 7.79. The van der Waals surface area contributed by atoms with E-state index >= 15 is 0 Å². The van der Waals surface area contributed by atoms with Crippen molar-refractivity contribution in [2.45, 2.75) is 5.41 Å². The lowest BCUT2D eigenvalue weighted by Gasteiger charge is -2.30. The van der Waals surface area contributed by atoms with Crippen LogP contribution in [-0.4, -0.2) is 0 Å². The van der Waals surface area contributed by atoms with Crippen LogP contribution in [0.3, 0.4) is 0 Å². The zero-order chi connectivity index (χ0) is 34.7. The maximum absolute atomic E-state index is 3.86. The summed E-state index contributed by atoms with van der Waals surface area (Å²) >= 11 is 0. The van der Waals surface area contributed by atoms with Gasteiger partial charge in [0.2, 0.25) is 0 Å². The first-order chi connectivity index (χ1) is 25.8. The quantitative estimate of drug-likeness (QED) is 0.160. The summed E-state index contributed by atoms with van der Waals surface area (Å²) in [5.41, 5.74) is 14.4. The Morgan fingerprint density at radius 2 is 0.865 bits per heavy atom. The minimum Gasteiger partial charge on any atom is -0.310 e. The zero-order valence-electron chi connectivity index (χ0n) is 28.7.